The minimum absolute atomic E-state index is 0.146. The smallest absolute Gasteiger partial charge is 0.219 e. The summed E-state index contributed by atoms with van der Waals surface area (Å²) in [6.07, 6.45) is 3.67. The molecule has 1 amide bonds. The zero-order valence-corrected chi connectivity index (χ0v) is 15.9. The second-order valence-corrected chi connectivity index (χ2v) is 6.45. The van der Waals surface area contributed by atoms with Crippen LogP contribution in [-0.4, -0.2) is 75.2 Å². The molecule has 1 fully saturated rings. The van der Waals surface area contributed by atoms with Crippen LogP contribution in [-0.2, 0) is 17.8 Å². The van der Waals surface area contributed by atoms with Gasteiger partial charge in [-0.3, -0.25) is 9.79 Å². The van der Waals surface area contributed by atoms with Gasteiger partial charge in [0.25, 0.3) is 0 Å². The third-order valence-corrected chi connectivity index (χ3v) is 4.63. The van der Waals surface area contributed by atoms with E-state index >= 15 is 0 Å². The third-order valence-electron chi connectivity index (χ3n) is 4.63. The first-order valence-electron chi connectivity index (χ1n) is 9.23. The second kappa shape index (κ2) is 9.39. The van der Waals surface area contributed by atoms with Gasteiger partial charge in [-0.15, -0.1) is 10.2 Å². The summed E-state index contributed by atoms with van der Waals surface area (Å²) >= 11 is 0. The van der Waals surface area contributed by atoms with Gasteiger partial charge < -0.3 is 19.7 Å². The maximum Gasteiger partial charge on any atom is 0.219 e. The quantitative estimate of drug-likeness (QED) is 0.606. The maximum absolute atomic E-state index is 11.5. The molecule has 2 rings (SSSR count). The van der Waals surface area contributed by atoms with Crippen molar-refractivity contribution >= 4 is 11.9 Å². The van der Waals surface area contributed by atoms with Gasteiger partial charge in [-0.2, -0.15) is 0 Å². The number of carbonyl (C=O) groups excluding carboxylic acids is 1. The highest BCUT2D eigenvalue weighted by atomic mass is 16.2. The predicted molar refractivity (Wildman–Crippen MR) is 98.4 cm³/mol. The van der Waals surface area contributed by atoms with Gasteiger partial charge in [-0.1, -0.05) is 13.8 Å². The van der Waals surface area contributed by atoms with E-state index in [1.165, 1.54) is 0 Å². The van der Waals surface area contributed by atoms with Crippen molar-refractivity contribution in [3.63, 3.8) is 0 Å². The molecule has 1 aromatic heterocycles. The van der Waals surface area contributed by atoms with E-state index in [9.17, 15) is 4.79 Å². The number of aryl methyl sites for hydroxylation is 1. The minimum atomic E-state index is 0.146. The second-order valence-electron chi connectivity index (χ2n) is 6.45. The molecule has 1 saturated heterocycles. The summed E-state index contributed by atoms with van der Waals surface area (Å²) < 4.78 is 2.05. The van der Waals surface area contributed by atoms with Crippen LogP contribution in [0.1, 0.15) is 39.9 Å². The number of guanidine groups is 1. The van der Waals surface area contributed by atoms with E-state index in [2.05, 4.69) is 45.8 Å². The lowest BCUT2D eigenvalue weighted by Gasteiger charge is -2.37. The molecule has 1 atom stereocenters. The Bertz CT molecular complexity index is 575. The van der Waals surface area contributed by atoms with Crippen LogP contribution in [0.2, 0.25) is 0 Å². The van der Waals surface area contributed by atoms with Crippen LogP contribution in [0, 0.1) is 0 Å². The summed E-state index contributed by atoms with van der Waals surface area (Å²) in [7, 11) is 0. The van der Waals surface area contributed by atoms with Gasteiger partial charge in [-0.25, -0.2) is 0 Å². The molecule has 0 aromatic carbocycles. The first-order valence-corrected chi connectivity index (χ1v) is 9.23. The van der Waals surface area contributed by atoms with Crippen molar-refractivity contribution in [2.24, 2.45) is 4.99 Å². The molecule has 1 unspecified atom stereocenters. The van der Waals surface area contributed by atoms with Gasteiger partial charge in [0.05, 0.1) is 6.54 Å². The fourth-order valence-electron chi connectivity index (χ4n) is 2.80. The monoisotopic (exact) mass is 349 g/mol. The molecular weight excluding hydrogens is 318 g/mol. The standard InChI is InChI=1S/C17H31N7O/c1-5-14(3)20-17(23-11-9-22(10-12-23)15(4)25)18-7-8-24-13-19-21-16(24)6-2/h13-14H,5-12H2,1-4H3,(H,18,20). The van der Waals surface area contributed by atoms with Gasteiger partial charge in [0, 0.05) is 52.1 Å². The van der Waals surface area contributed by atoms with Crippen molar-refractivity contribution in [2.45, 2.75) is 53.1 Å². The lowest BCUT2D eigenvalue weighted by Crippen LogP contribution is -2.54. The summed E-state index contributed by atoms with van der Waals surface area (Å²) in [5.41, 5.74) is 0. The number of amides is 1. The zero-order chi connectivity index (χ0) is 18.2. The normalized spacial score (nSPS) is 16.9. The van der Waals surface area contributed by atoms with Crippen LogP contribution in [0.4, 0.5) is 0 Å². The molecule has 8 nitrogen and oxygen atoms in total. The molecule has 1 aromatic rings. The van der Waals surface area contributed by atoms with E-state index in [1.807, 2.05) is 4.90 Å². The molecule has 25 heavy (non-hydrogen) atoms. The van der Waals surface area contributed by atoms with Gasteiger partial charge >= 0.3 is 0 Å². The fraction of sp³-hybridized carbons (Fsp3) is 0.765. The van der Waals surface area contributed by atoms with Gasteiger partial charge in [-0.05, 0) is 13.3 Å². The number of aliphatic imine (C=N–C) groups is 1. The highest BCUT2D eigenvalue weighted by molar-refractivity contribution is 5.81. The number of hydrogen-bond acceptors (Lipinski definition) is 4. The van der Waals surface area contributed by atoms with E-state index in [1.54, 1.807) is 13.3 Å². The number of nitrogens with one attached hydrogen (secondary N) is 1. The molecule has 0 spiro atoms. The number of rotatable bonds is 6. The Kier molecular flexibility index (Phi) is 7.21. The largest absolute Gasteiger partial charge is 0.354 e. The summed E-state index contributed by atoms with van der Waals surface area (Å²) in [5, 5.41) is 11.6. The molecule has 0 radical (unpaired) electrons. The summed E-state index contributed by atoms with van der Waals surface area (Å²) in [5.74, 6) is 2.07. The van der Waals surface area contributed by atoms with Crippen LogP contribution in [0.15, 0.2) is 11.3 Å². The topological polar surface area (TPSA) is 78.7 Å². The molecule has 1 N–H and O–H groups in total. The Morgan fingerprint density at radius 1 is 1.28 bits per heavy atom. The molecule has 140 valence electrons. The van der Waals surface area contributed by atoms with Crippen LogP contribution in [0.3, 0.4) is 0 Å². The lowest BCUT2D eigenvalue weighted by atomic mass is 10.2. The average molecular weight is 349 g/mol. The van der Waals surface area contributed by atoms with Gasteiger partial charge in [0.2, 0.25) is 5.91 Å². The van der Waals surface area contributed by atoms with Crippen molar-refractivity contribution in [3.05, 3.63) is 12.2 Å². The van der Waals surface area contributed by atoms with Crippen LogP contribution < -0.4 is 5.32 Å². The number of hydrogen-bond donors (Lipinski definition) is 1. The van der Waals surface area contributed by atoms with Crippen LogP contribution in [0.25, 0.3) is 0 Å². The summed E-state index contributed by atoms with van der Waals surface area (Å²) in [6.45, 7) is 12.6. The Morgan fingerprint density at radius 3 is 2.56 bits per heavy atom. The fourth-order valence-corrected chi connectivity index (χ4v) is 2.80. The molecule has 8 heteroatoms. The van der Waals surface area contributed by atoms with Crippen LogP contribution in [0.5, 0.6) is 0 Å². The van der Waals surface area contributed by atoms with Crippen molar-refractivity contribution in [2.75, 3.05) is 32.7 Å². The van der Waals surface area contributed by atoms with Gasteiger partial charge in [0.1, 0.15) is 12.2 Å². The van der Waals surface area contributed by atoms with Crippen LogP contribution >= 0.6 is 0 Å². The Balaban J connectivity index is 1.98. The highest BCUT2D eigenvalue weighted by Crippen LogP contribution is 2.04. The van der Waals surface area contributed by atoms with Crippen molar-refractivity contribution in [1.82, 2.24) is 29.9 Å². The number of piperazine rings is 1. The number of aromatic nitrogens is 3. The van der Waals surface area contributed by atoms with Crippen molar-refractivity contribution in [3.8, 4) is 0 Å². The summed E-state index contributed by atoms with van der Waals surface area (Å²) in [6, 6.07) is 0.366. The zero-order valence-electron chi connectivity index (χ0n) is 15.9. The minimum Gasteiger partial charge on any atom is -0.354 e. The highest BCUT2D eigenvalue weighted by Gasteiger charge is 2.21. The molecule has 0 saturated carbocycles. The predicted octanol–water partition coefficient (Wildman–Crippen LogP) is 0.749. The van der Waals surface area contributed by atoms with Crippen molar-refractivity contribution in [1.29, 1.82) is 0 Å². The van der Waals surface area contributed by atoms with Crippen molar-refractivity contribution < 1.29 is 4.79 Å². The lowest BCUT2D eigenvalue weighted by molar-refractivity contribution is -0.130. The van der Waals surface area contributed by atoms with E-state index in [0.717, 1.165) is 57.3 Å². The first-order chi connectivity index (χ1) is 12.0. The molecule has 2 heterocycles. The van der Waals surface area contributed by atoms with Gasteiger partial charge in [0.15, 0.2) is 5.96 Å². The third kappa shape index (κ3) is 5.44. The molecule has 1 aliphatic heterocycles. The van der Waals surface area contributed by atoms with E-state index in [0.29, 0.717) is 12.6 Å². The first kappa shape index (κ1) is 19.2. The number of carbonyl (C=O) groups is 1. The van der Waals surface area contributed by atoms with E-state index in [-0.39, 0.29) is 5.91 Å². The van der Waals surface area contributed by atoms with E-state index < -0.39 is 0 Å². The SMILES string of the molecule is CCc1nncn1CCN=C(NC(C)CC)N1CCN(C(C)=O)CC1. The molecule has 0 aliphatic carbocycles. The van der Waals surface area contributed by atoms with E-state index in [4.69, 9.17) is 4.99 Å². The molecule has 1 aliphatic rings. The Morgan fingerprint density at radius 2 is 1.96 bits per heavy atom. The molecule has 0 bridgehead atoms. The molecular formula is C17H31N7O. The summed E-state index contributed by atoms with van der Waals surface area (Å²) in [4.78, 5) is 20.5. The number of nitrogens with zero attached hydrogens (tertiary/aromatic N) is 6. The Labute approximate surface area is 150 Å². The Hall–Kier alpha value is -2.12. The average Bonchev–Trinajstić information content (AvgIpc) is 3.08. The maximum atomic E-state index is 11.5.